The minimum Gasteiger partial charge on any atom is -0.506 e. The van der Waals surface area contributed by atoms with Crippen molar-refractivity contribution >= 4 is 23.8 Å². The molecule has 0 bridgehead atoms. The number of phenols is 1. The van der Waals surface area contributed by atoms with Gasteiger partial charge in [0.1, 0.15) is 5.75 Å². The summed E-state index contributed by atoms with van der Waals surface area (Å²) in [6.07, 6.45) is 1.50. The molecule has 1 heterocycles. The summed E-state index contributed by atoms with van der Waals surface area (Å²) in [5.41, 5.74) is 4.46. The summed E-state index contributed by atoms with van der Waals surface area (Å²) in [6.45, 7) is 0. The van der Waals surface area contributed by atoms with E-state index in [1.165, 1.54) is 18.3 Å². The van der Waals surface area contributed by atoms with E-state index in [2.05, 4.69) is 20.5 Å². The van der Waals surface area contributed by atoms with Crippen molar-refractivity contribution in [1.82, 2.24) is 9.97 Å². The second-order valence-corrected chi connectivity index (χ2v) is 5.33. The quantitative estimate of drug-likeness (QED) is 0.502. The summed E-state index contributed by atoms with van der Waals surface area (Å²) in [5.74, 6) is 0.228. The number of hydrazone groups is 1. The van der Waals surface area contributed by atoms with E-state index in [0.717, 1.165) is 5.56 Å². The third-order valence-electron chi connectivity index (χ3n) is 3.17. The van der Waals surface area contributed by atoms with Gasteiger partial charge >= 0.3 is 0 Å². The molecule has 0 spiro atoms. The van der Waals surface area contributed by atoms with E-state index in [0.29, 0.717) is 11.3 Å². The van der Waals surface area contributed by atoms with Gasteiger partial charge in [0.25, 0.3) is 5.56 Å². The third kappa shape index (κ3) is 3.80. The van der Waals surface area contributed by atoms with Gasteiger partial charge in [-0.3, -0.25) is 9.78 Å². The molecule has 0 radical (unpaired) electrons. The van der Waals surface area contributed by atoms with Crippen molar-refractivity contribution in [3.63, 3.8) is 0 Å². The van der Waals surface area contributed by atoms with Gasteiger partial charge in [-0.1, -0.05) is 41.9 Å². The van der Waals surface area contributed by atoms with Crippen molar-refractivity contribution in [2.45, 2.75) is 0 Å². The zero-order valence-electron chi connectivity index (χ0n) is 12.4. The molecule has 0 fully saturated rings. The minimum atomic E-state index is -0.283. The smallest absolute Gasteiger partial charge is 0.252 e. The summed E-state index contributed by atoms with van der Waals surface area (Å²) in [7, 11) is 0. The molecule has 0 saturated carbocycles. The molecular formula is C17H13ClN4O2. The molecule has 6 nitrogen and oxygen atoms in total. The van der Waals surface area contributed by atoms with E-state index in [4.69, 9.17) is 11.6 Å². The average molecular weight is 341 g/mol. The lowest BCUT2D eigenvalue weighted by molar-refractivity contribution is 0.475. The van der Waals surface area contributed by atoms with Crippen molar-refractivity contribution in [1.29, 1.82) is 0 Å². The number of hydrogen-bond acceptors (Lipinski definition) is 5. The van der Waals surface area contributed by atoms with Crippen molar-refractivity contribution in [2.75, 3.05) is 5.43 Å². The summed E-state index contributed by atoms with van der Waals surface area (Å²) in [5, 5.41) is 13.6. The highest BCUT2D eigenvalue weighted by Crippen LogP contribution is 2.22. The Bertz CT molecular complexity index is 939. The van der Waals surface area contributed by atoms with Gasteiger partial charge in [0.05, 0.1) is 16.9 Å². The van der Waals surface area contributed by atoms with Crippen LogP contribution in [-0.4, -0.2) is 21.3 Å². The number of nitrogens with one attached hydrogen (secondary N) is 2. The van der Waals surface area contributed by atoms with Crippen LogP contribution in [0.3, 0.4) is 0 Å². The first-order chi connectivity index (χ1) is 11.6. The number of H-pyrrole nitrogens is 1. The molecule has 0 amide bonds. The molecule has 2 aromatic carbocycles. The number of anilines is 1. The Morgan fingerprint density at radius 2 is 1.96 bits per heavy atom. The molecule has 0 atom stereocenters. The van der Waals surface area contributed by atoms with Crippen molar-refractivity contribution in [3.05, 3.63) is 75.5 Å². The molecule has 3 N–H and O–H groups in total. The molecule has 1 aromatic heterocycles. The number of aromatic amines is 1. The predicted molar refractivity (Wildman–Crippen MR) is 94.6 cm³/mol. The Kier molecular flexibility index (Phi) is 4.58. The average Bonchev–Trinajstić information content (AvgIpc) is 2.58. The van der Waals surface area contributed by atoms with Crippen molar-refractivity contribution in [2.24, 2.45) is 5.10 Å². The van der Waals surface area contributed by atoms with Crippen LogP contribution in [0.15, 0.2) is 64.5 Å². The van der Waals surface area contributed by atoms with Gasteiger partial charge in [-0.25, -0.2) is 10.4 Å². The molecule has 0 aliphatic heterocycles. The van der Waals surface area contributed by atoms with Crippen LogP contribution in [0.4, 0.5) is 5.95 Å². The largest absolute Gasteiger partial charge is 0.506 e. The van der Waals surface area contributed by atoms with E-state index >= 15 is 0 Å². The number of halogens is 1. The first kappa shape index (κ1) is 15.8. The number of benzene rings is 2. The minimum absolute atomic E-state index is 0.00309. The van der Waals surface area contributed by atoms with E-state index in [9.17, 15) is 9.90 Å². The van der Waals surface area contributed by atoms with Crippen molar-refractivity contribution < 1.29 is 5.11 Å². The third-order valence-corrected chi connectivity index (χ3v) is 3.47. The first-order valence-electron chi connectivity index (χ1n) is 7.06. The number of phenolic OH excluding ortho intramolecular Hbond substituents is 1. The molecule has 3 aromatic rings. The molecule has 7 heteroatoms. The second-order valence-electron chi connectivity index (χ2n) is 4.93. The summed E-state index contributed by atoms with van der Waals surface area (Å²) >= 11 is 5.83. The van der Waals surface area contributed by atoms with Crippen LogP contribution >= 0.6 is 11.6 Å². The van der Waals surface area contributed by atoms with Crippen LogP contribution in [0.2, 0.25) is 5.02 Å². The highest BCUT2D eigenvalue weighted by molar-refractivity contribution is 6.32. The van der Waals surface area contributed by atoms with Crippen LogP contribution in [0.1, 0.15) is 5.56 Å². The fraction of sp³-hybridized carbons (Fsp3) is 0. The SMILES string of the molecule is O=c1cc(-c2ccccc2)nc(N/N=C\c2ccc(O)c(Cl)c2)[nH]1. The Morgan fingerprint density at radius 3 is 2.71 bits per heavy atom. The lowest BCUT2D eigenvalue weighted by Crippen LogP contribution is -2.10. The molecule has 0 unspecified atom stereocenters. The number of aromatic hydroxyl groups is 1. The molecule has 24 heavy (non-hydrogen) atoms. The highest BCUT2D eigenvalue weighted by atomic mass is 35.5. The lowest BCUT2D eigenvalue weighted by atomic mass is 10.1. The van der Waals surface area contributed by atoms with Gasteiger partial charge in [0.2, 0.25) is 5.95 Å². The van der Waals surface area contributed by atoms with E-state index < -0.39 is 0 Å². The lowest BCUT2D eigenvalue weighted by Gasteiger charge is -2.03. The molecule has 0 saturated heterocycles. The summed E-state index contributed by atoms with van der Waals surface area (Å²) in [4.78, 5) is 18.7. The molecule has 0 aliphatic carbocycles. The fourth-order valence-electron chi connectivity index (χ4n) is 2.04. The molecule has 120 valence electrons. The zero-order valence-corrected chi connectivity index (χ0v) is 13.2. The van der Waals surface area contributed by atoms with Gasteiger partial charge in [-0.2, -0.15) is 5.10 Å². The topological polar surface area (TPSA) is 90.4 Å². The van der Waals surface area contributed by atoms with Gasteiger partial charge in [0.15, 0.2) is 0 Å². The first-order valence-corrected chi connectivity index (χ1v) is 7.44. The number of nitrogens with zero attached hydrogens (tertiary/aromatic N) is 2. The Morgan fingerprint density at radius 1 is 1.17 bits per heavy atom. The fourth-order valence-corrected chi connectivity index (χ4v) is 2.23. The Hall–Kier alpha value is -3.12. The zero-order chi connectivity index (χ0) is 16.9. The Labute approximate surface area is 142 Å². The molecular weight excluding hydrogens is 328 g/mol. The molecule has 3 rings (SSSR count). The van der Waals surface area contributed by atoms with Crippen LogP contribution < -0.4 is 11.0 Å². The monoisotopic (exact) mass is 340 g/mol. The summed E-state index contributed by atoms with van der Waals surface area (Å²) < 4.78 is 0. The van der Waals surface area contributed by atoms with Crippen molar-refractivity contribution in [3.8, 4) is 17.0 Å². The number of aromatic nitrogens is 2. The van der Waals surface area contributed by atoms with Crippen LogP contribution in [0.5, 0.6) is 5.75 Å². The van der Waals surface area contributed by atoms with Gasteiger partial charge in [0, 0.05) is 11.6 Å². The number of hydrogen-bond donors (Lipinski definition) is 3. The van der Waals surface area contributed by atoms with Gasteiger partial charge < -0.3 is 5.11 Å². The highest BCUT2D eigenvalue weighted by Gasteiger charge is 2.03. The normalized spacial score (nSPS) is 10.9. The maximum atomic E-state index is 11.8. The Balaban J connectivity index is 1.80. The summed E-state index contributed by atoms with van der Waals surface area (Å²) in [6, 6.07) is 15.5. The standard InChI is InChI=1S/C17H13ClN4O2/c18-13-8-11(6-7-15(13)23)10-19-22-17-20-14(9-16(24)21-17)12-4-2-1-3-5-12/h1-10,23H,(H2,20,21,22,24)/b19-10-. The number of rotatable bonds is 4. The second kappa shape index (κ2) is 6.97. The predicted octanol–water partition coefficient (Wildman–Crippen LogP) is 3.24. The van der Waals surface area contributed by atoms with E-state index in [1.807, 2.05) is 30.3 Å². The van der Waals surface area contributed by atoms with E-state index in [1.54, 1.807) is 12.1 Å². The van der Waals surface area contributed by atoms with Gasteiger partial charge in [-0.05, 0) is 23.8 Å². The van der Waals surface area contributed by atoms with Crippen LogP contribution in [0.25, 0.3) is 11.3 Å². The van der Waals surface area contributed by atoms with E-state index in [-0.39, 0.29) is 22.3 Å². The molecule has 0 aliphatic rings. The van der Waals surface area contributed by atoms with Gasteiger partial charge in [-0.15, -0.1) is 0 Å². The maximum absolute atomic E-state index is 11.8. The van der Waals surface area contributed by atoms with Crippen LogP contribution in [-0.2, 0) is 0 Å². The maximum Gasteiger partial charge on any atom is 0.252 e. The van der Waals surface area contributed by atoms with Crippen LogP contribution in [0, 0.1) is 0 Å².